The van der Waals surface area contributed by atoms with Crippen molar-refractivity contribution in [3.8, 4) is 0 Å². The lowest BCUT2D eigenvalue weighted by Crippen LogP contribution is -2.51. The van der Waals surface area contributed by atoms with E-state index in [0.717, 1.165) is 0 Å². The molecule has 16 heavy (non-hydrogen) atoms. The third kappa shape index (κ3) is 3.26. The van der Waals surface area contributed by atoms with Crippen molar-refractivity contribution < 1.29 is 29.4 Å². The second-order valence-electron chi connectivity index (χ2n) is 3.06. The Balaban J connectivity index is 5.09. The summed E-state index contributed by atoms with van der Waals surface area (Å²) in [6.45, 7) is -2.77. The highest BCUT2D eigenvalue weighted by Crippen LogP contribution is 2.47. The van der Waals surface area contributed by atoms with Crippen LogP contribution in [-0.4, -0.2) is 56.2 Å². The number of aliphatic hydroxyl groups is 4. The van der Waals surface area contributed by atoms with E-state index >= 15 is 0 Å². The first-order valence-electron chi connectivity index (χ1n) is 4.15. The van der Waals surface area contributed by atoms with E-state index in [9.17, 15) is 4.79 Å². The fourth-order valence-corrected chi connectivity index (χ4v) is 2.50. The SMILES string of the molecule is O=C(CO)SC(S)(OS)C(CO)(CO)CO. The third-order valence-electron chi connectivity index (χ3n) is 2.08. The second kappa shape index (κ2) is 7.07. The highest BCUT2D eigenvalue weighted by Gasteiger charge is 2.52. The molecule has 0 saturated heterocycles. The maximum Gasteiger partial charge on any atom is 0.217 e. The Kier molecular flexibility index (Phi) is 7.30. The molecule has 0 fully saturated rings. The van der Waals surface area contributed by atoms with Crippen molar-refractivity contribution in [3.05, 3.63) is 0 Å². The van der Waals surface area contributed by atoms with E-state index in [1.165, 1.54) is 0 Å². The highest BCUT2D eigenvalue weighted by molar-refractivity contribution is 8.22. The summed E-state index contributed by atoms with van der Waals surface area (Å²) in [5.41, 5.74) is -1.58. The summed E-state index contributed by atoms with van der Waals surface area (Å²) in [4.78, 5) is 11.1. The number of hydrogen-bond acceptors (Lipinski definition) is 9. The first-order valence-corrected chi connectivity index (χ1v) is 5.78. The standard InChI is InChI=1S/C7H14O6S3/c8-1-5(12)16-7(14,13-15)6(2-9,3-10)4-11/h8-11,14-15H,1-4H2. The molecule has 6 nitrogen and oxygen atoms in total. The molecule has 0 saturated carbocycles. The molecular weight excluding hydrogens is 276 g/mol. The molecule has 0 amide bonds. The molecule has 0 aromatic rings. The van der Waals surface area contributed by atoms with Gasteiger partial charge in [-0.2, -0.15) is 0 Å². The van der Waals surface area contributed by atoms with Crippen LogP contribution in [0.25, 0.3) is 0 Å². The van der Waals surface area contributed by atoms with Crippen molar-refractivity contribution in [1.29, 1.82) is 0 Å². The Hall–Kier alpha value is 0.520. The average molecular weight is 290 g/mol. The van der Waals surface area contributed by atoms with Gasteiger partial charge in [-0.05, 0) is 24.7 Å². The summed E-state index contributed by atoms with van der Waals surface area (Å²) < 4.78 is 2.90. The van der Waals surface area contributed by atoms with Gasteiger partial charge in [0.25, 0.3) is 0 Å². The van der Waals surface area contributed by atoms with Crippen molar-refractivity contribution >= 4 is 42.4 Å². The van der Waals surface area contributed by atoms with Crippen LogP contribution in [0.3, 0.4) is 0 Å². The minimum atomic E-state index is -1.76. The maximum absolute atomic E-state index is 11.1. The zero-order valence-electron chi connectivity index (χ0n) is 8.24. The summed E-state index contributed by atoms with van der Waals surface area (Å²) in [5, 5.41) is 35.4. The number of hydrogen-bond donors (Lipinski definition) is 6. The van der Waals surface area contributed by atoms with Crippen molar-refractivity contribution in [1.82, 2.24) is 0 Å². The molecule has 0 heterocycles. The average Bonchev–Trinajstić information content (AvgIpc) is 2.31. The Morgan fingerprint density at radius 2 is 1.62 bits per heavy atom. The minimum absolute atomic E-state index is 0.424. The lowest BCUT2D eigenvalue weighted by molar-refractivity contribution is -0.113. The van der Waals surface area contributed by atoms with Crippen LogP contribution < -0.4 is 0 Å². The first-order chi connectivity index (χ1) is 7.45. The number of thiol groups is 2. The topological polar surface area (TPSA) is 107 Å². The molecule has 0 aliphatic rings. The smallest absolute Gasteiger partial charge is 0.217 e. The molecule has 4 N–H and O–H groups in total. The van der Waals surface area contributed by atoms with E-state index in [1.54, 1.807) is 0 Å². The van der Waals surface area contributed by atoms with E-state index in [2.05, 4.69) is 29.7 Å². The minimum Gasteiger partial charge on any atom is -0.395 e. The molecule has 0 bridgehead atoms. The number of thioether (sulfide) groups is 1. The van der Waals surface area contributed by atoms with Gasteiger partial charge < -0.3 is 20.4 Å². The second-order valence-corrected chi connectivity index (χ2v) is 5.41. The van der Waals surface area contributed by atoms with Gasteiger partial charge in [-0.3, -0.25) is 8.98 Å². The lowest BCUT2D eigenvalue weighted by atomic mass is 9.92. The molecule has 1 atom stereocenters. The van der Waals surface area contributed by atoms with Gasteiger partial charge in [-0.1, -0.05) is 0 Å². The predicted molar refractivity (Wildman–Crippen MR) is 65.2 cm³/mol. The summed E-state index contributed by atoms with van der Waals surface area (Å²) in [7, 11) is 0. The van der Waals surface area contributed by atoms with E-state index in [0.29, 0.717) is 11.8 Å². The Morgan fingerprint density at radius 1 is 1.19 bits per heavy atom. The molecule has 9 heteroatoms. The fourth-order valence-electron chi connectivity index (χ4n) is 0.860. The van der Waals surface area contributed by atoms with Crippen LogP contribution in [0.2, 0.25) is 0 Å². The van der Waals surface area contributed by atoms with E-state index in [1.807, 2.05) is 0 Å². The molecule has 96 valence electrons. The monoisotopic (exact) mass is 290 g/mol. The molecular formula is C7H14O6S3. The Labute approximate surface area is 108 Å². The van der Waals surface area contributed by atoms with E-state index in [4.69, 9.17) is 20.4 Å². The summed E-state index contributed by atoms with van der Waals surface area (Å²) in [6.07, 6.45) is 0. The Bertz CT molecular complexity index is 226. The summed E-state index contributed by atoms with van der Waals surface area (Å²) in [5.74, 6) is 0. The van der Waals surface area contributed by atoms with E-state index < -0.39 is 41.2 Å². The van der Waals surface area contributed by atoms with Crippen molar-refractivity contribution in [2.75, 3.05) is 26.4 Å². The zero-order chi connectivity index (χ0) is 12.8. The molecule has 0 rings (SSSR count). The van der Waals surface area contributed by atoms with Crippen LogP contribution in [0.15, 0.2) is 0 Å². The van der Waals surface area contributed by atoms with Gasteiger partial charge in [0.1, 0.15) is 6.61 Å². The van der Waals surface area contributed by atoms with Crippen LogP contribution in [0.4, 0.5) is 0 Å². The van der Waals surface area contributed by atoms with Gasteiger partial charge in [0.15, 0.2) is 4.27 Å². The number of aliphatic hydroxyl groups excluding tert-OH is 4. The van der Waals surface area contributed by atoms with Crippen LogP contribution in [0.5, 0.6) is 0 Å². The number of carbonyl (C=O) groups excluding carboxylic acids is 1. The normalized spacial score (nSPS) is 15.9. The predicted octanol–water partition coefficient (Wildman–Crippen LogP) is -1.35. The van der Waals surface area contributed by atoms with Gasteiger partial charge in [0.05, 0.1) is 25.2 Å². The number of rotatable bonds is 7. The van der Waals surface area contributed by atoms with Crippen LogP contribution in [0.1, 0.15) is 0 Å². The maximum atomic E-state index is 11.1. The molecule has 1 unspecified atom stereocenters. The molecule has 0 aliphatic heterocycles. The fraction of sp³-hybridized carbons (Fsp3) is 0.857. The molecule has 0 aromatic carbocycles. The molecule has 0 aromatic heterocycles. The summed E-state index contributed by atoms with van der Waals surface area (Å²) in [6, 6.07) is 0. The van der Waals surface area contributed by atoms with Crippen LogP contribution in [0, 0.1) is 5.41 Å². The highest BCUT2D eigenvalue weighted by atomic mass is 32.2. The van der Waals surface area contributed by atoms with Gasteiger partial charge in [-0.15, -0.1) is 12.6 Å². The van der Waals surface area contributed by atoms with Gasteiger partial charge >= 0.3 is 0 Å². The third-order valence-corrected chi connectivity index (χ3v) is 4.61. The summed E-state index contributed by atoms with van der Waals surface area (Å²) >= 11 is 7.92. The van der Waals surface area contributed by atoms with Gasteiger partial charge in [0.2, 0.25) is 5.12 Å². The van der Waals surface area contributed by atoms with Gasteiger partial charge in [0, 0.05) is 0 Å². The largest absolute Gasteiger partial charge is 0.395 e. The zero-order valence-corrected chi connectivity index (χ0v) is 10.8. The van der Waals surface area contributed by atoms with Crippen molar-refractivity contribution in [2.24, 2.45) is 5.41 Å². The van der Waals surface area contributed by atoms with Crippen LogP contribution >= 0.6 is 37.3 Å². The first kappa shape index (κ1) is 16.5. The quantitative estimate of drug-likeness (QED) is 0.195. The van der Waals surface area contributed by atoms with Crippen molar-refractivity contribution in [2.45, 2.75) is 4.27 Å². The Morgan fingerprint density at radius 3 is 1.88 bits per heavy atom. The lowest BCUT2D eigenvalue weighted by Gasteiger charge is -2.41. The van der Waals surface area contributed by atoms with E-state index in [-0.39, 0.29) is 0 Å². The molecule has 0 spiro atoms. The van der Waals surface area contributed by atoms with Gasteiger partial charge in [-0.25, -0.2) is 0 Å². The molecule has 0 aliphatic carbocycles. The molecule has 0 radical (unpaired) electrons. The van der Waals surface area contributed by atoms with Crippen molar-refractivity contribution in [3.63, 3.8) is 0 Å². The number of carbonyl (C=O) groups is 1. The van der Waals surface area contributed by atoms with Crippen LogP contribution in [-0.2, 0) is 8.98 Å².